The third-order valence-electron chi connectivity index (χ3n) is 2.11. The number of rotatable bonds is 1. The standard InChI is InChI=1S/C10H10F3NO2/c1-5-3-8(14)6(9(15)16-2)4-7(5)10(11,12)13/h3-4H,14H2,1-2H3. The Kier molecular flexibility index (Phi) is 3.11. The minimum atomic E-state index is -4.51. The van der Waals surface area contributed by atoms with Crippen LogP contribution < -0.4 is 5.73 Å². The first-order valence-corrected chi connectivity index (χ1v) is 4.33. The van der Waals surface area contributed by atoms with Crippen LogP contribution in [0.3, 0.4) is 0 Å². The summed E-state index contributed by atoms with van der Waals surface area (Å²) in [5.74, 6) is -0.886. The summed E-state index contributed by atoms with van der Waals surface area (Å²) in [6.07, 6.45) is -4.51. The van der Waals surface area contributed by atoms with Gasteiger partial charge in [0.15, 0.2) is 0 Å². The van der Waals surface area contributed by atoms with Gasteiger partial charge in [-0.25, -0.2) is 4.79 Å². The van der Waals surface area contributed by atoms with E-state index < -0.39 is 17.7 Å². The first-order chi connectivity index (χ1) is 7.27. The van der Waals surface area contributed by atoms with Crippen molar-refractivity contribution in [1.82, 2.24) is 0 Å². The van der Waals surface area contributed by atoms with Gasteiger partial charge in [0.1, 0.15) is 0 Å². The number of aryl methyl sites for hydroxylation is 1. The van der Waals surface area contributed by atoms with E-state index >= 15 is 0 Å². The molecule has 0 aliphatic rings. The number of carbonyl (C=O) groups is 1. The Morgan fingerprint density at radius 3 is 2.38 bits per heavy atom. The van der Waals surface area contributed by atoms with Gasteiger partial charge < -0.3 is 10.5 Å². The smallest absolute Gasteiger partial charge is 0.416 e. The van der Waals surface area contributed by atoms with Gasteiger partial charge in [-0.3, -0.25) is 0 Å². The van der Waals surface area contributed by atoms with E-state index in [2.05, 4.69) is 4.74 Å². The van der Waals surface area contributed by atoms with Crippen molar-refractivity contribution in [1.29, 1.82) is 0 Å². The van der Waals surface area contributed by atoms with Crippen molar-refractivity contribution in [3.8, 4) is 0 Å². The Morgan fingerprint density at radius 2 is 1.94 bits per heavy atom. The molecular formula is C10H10F3NO2. The van der Waals surface area contributed by atoms with E-state index in [0.717, 1.165) is 13.2 Å². The van der Waals surface area contributed by atoms with Gasteiger partial charge in [0.05, 0.1) is 18.2 Å². The van der Waals surface area contributed by atoms with E-state index in [1.165, 1.54) is 6.92 Å². The summed E-state index contributed by atoms with van der Waals surface area (Å²) >= 11 is 0. The lowest BCUT2D eigenvalue weighted by atomic mass is 10.0. The quantitative estimate of drug-likeness (QED) is 0.598. The van der Waals surface area contributed by atoms with Crippen LogP contribution in [0, 0.1) is 6.92 Å². The van der Waals surface area contributed by atoms with Gasteiger partial charge in [-0.2, -0.15) is 13.2 Å². The van der Waals surface area contributed by atoms with Crippen LogP contribution in [0.25, 0.3) is 0 Å². The average molecular weight is 233 g/mol. The predicted molar refractivity (Wildman–Crippen MR) is 51.9 cm³/mol. The van der Waals surface area contributed by atoms with E-state index in [4.69, 9.17) is 5.73 Å². The molecular weight excluding hydrogens is 223 g/mol. The number of benzene rings is 1. The summed E-state index contributed by atoms with van der Waals surface area (Å²) in [6.45, 7) is 1.28. The molecule has 16 heavy (non-hydrogen) atoms. The zero-order chi connectivity index (χ0) is 12.5. The van der Waals surface area contributed by atoms with E-state index in [-0.39, 0.29) is 16.8 Å². The maximum atomic E-state index is 12.5. The van der Waals surface area contributed by atoms with Crippen LogP contribution in [0.1, 0.15) is 21.5 Å². The van der Waals surface area contributed by atoms with Crippen LogP contribution in [-0.4, -0.2) is 13.1 Å². The summed E-state index contributed by atoms with van der Waals surface area (Å²) in [4.78, 5) is 11.2. The average Bonchev–Trinajstić information content (AvgIpc) is 2.14. The fraction of sp³-hybridized carbons (Fsp3) is 0.300. The van der Waals surface area contributed by atoms with Gasteiger partial charge in [0.25, 0.3) is 0 Å². The lowest BCUT2D eigenvalue weighted by Gasteiger charge is -2.13. The SMILES string of the molecule is COC(=O)c1cc(C(F)(F)F)c(C)cc1N. The molecule has 1 aromatic rings. The fourth-order valence-corrected chi connectivity index (χ4v) is 1.32. The van der Waals surface area contributed by atoms with Crippen molar-refractivity contribution >= 4 is 11.7 Å². The molecule has 1 aromatic carbocycles. The van der Waals surface area contributed by atoms with Gasteiger partial charge in [0, 0.05) is 5.69 Å². The third-order valence-corrected chi connectivity index (χ3v) is 2.11. The molecule has 0 radical (unpaired) electrons. The normalized spacial score (nSPS) is 11.3. The molecule has 0 atom stereocenters. The highest BCUT2D eigenvalue weighted by atomic mass is 19.4. The Labute approximate surface area is 90.0 Å². The summed E-state index contributed by atoms with van der Waals surface area (Å²) < 4.78 is 41.9. The molecule has 0 spiro atoms. The second-order valence-electron chi connectivity index (χ2n) is 3.24. The zero-order valence-electron chi connectivity index (χ0n) is 8.68. The minimum absolute atomic E-state index is 0.0300. The first-order valence-electron chi connectivity index (χ1n) is 4.33. The molecule has 0 bridgehead atoms. The van der Waals surface area contributed by atoms with Crippen LogP contribution in [0.4, 0.5) is 18.9 Å². The largest absolute Gasteiger partial charge is 0.465 e. The zero-order valence-corrected chi connectivity index (χ0v) is 8.68. The Hall–Kier alpha value is -1.72. The fourth-order valence-electron chi connectivity index (χ4n) is 1.32. The molecule has 0 aliphatic carbocycles. The number of alkyl halides is 3. The van der Waals surface area contributed by atoms with Crippen LogP contribution in [0.15, 0.2) is 12.1 Å². The number of hydrogen-bond donors (Lipinski definition) is 1. The Balaban J connectivity index is 3.39. The van der Waals surface area contributed by atoms with Crippen LogP contribution >= 0.6 is 0 Å². The molecule has 0 aromatic heterocycles. The molecule has 0 unspecified atom stereocenters. The van der Waals surface area contributed by atoms with Crippen LogP contribution in [-0.2, 0) is 10.9 Å². The van der Waals surface area contributed by atoms with Crippen LogP contribution in [0.5, 0.6) is 0 Å². The predicted octanol–water partition coefficient (Wildman–Crippen LogP) is 2.38. The summed E-state index contributed by atoms with van der Waals surface area (Å²) in [7, 11) is 1.08. The third kappa shape index (κ3) is 2.26. The maximum absolute atomic E-state index is 12.5. The minimum Gasteiger partial charge on any atom is -0.465 e. The van der Waals surface area contributed by atoms with Gasteiger partial charge in [-0.15, -0.1) is 0 Å². The second kappa shape index (κ2) is 4.03. The molecule has 6 heteroatoms. The molecule has 3 nitrogen and oxygen atoms in total. The maximum Gasteiger partial charge on any atom is 0.416 e. The first kappa shape index (κ1) is 12.4. The van der Waals surface area contributed by atoms with Crippen LogP contribution in [0.2, 0.25) is 0 Å². The lowest BCUT2D eigenvalue weighted by molar-refractivity contribution is -0.138. The van der Waals surface area contributed by atoms with Crippen molar-refractivity contribution in [3.63, 3.8) is 0 Å². The lowest BCUT2D eigenvalue weighted by Crippen LogP contribution is -2.13. The summed E-state index contributed by atoms with van der Waals surface area (Å²) in [5, 5.41) is 0. The monoisotopic (exact) mass is 233 g/mol. The number of ether oxygens (including phenoxy) is 1. The highest BCUT2D eigenvalue weighted by Gasteiger charge is 2.33. The molecule has 0 amide bonds. The number of anilines is 1. The number of nitrogen functional groups attached to an aromatic ring is 1. The number of methoxy groups -OCH3 is 1. The van der Waals surface area contributed by atoms with Crippen molar-refractivity contribution in [2.24, 2.45) is 0 Å². The Bertz CT molecular complexity index is 427. The topological polar surface area (TPSA) is 52.3 Å². The molecule has 0 fully saturated rings. The van der Waals surface area contributed by atoms with E-state index in [9.17, 15) is 18.0 Å². The number of nitrogens with two attached hydrogens (primary N) is 1. The van der Waals surface area contributed by atoms with Crippen molar-refractivity contribution in [3.05, 3.63) is 28.8 Å². The number of esters is 1. The number of halogens is 3. The highest BCUT2D eigenvalue weighted by Crippen LogP contribution is 2.34. The molecule has 88 valence electrons. The van der Waals surface area contributed by atoms with Gasteiger partial charge >= 0.3 is 12.1 Å². The van der Waals surface area contributed by atoms with E-state index in [1.807, 2.05) is 0 Å². The van der Waals surface area contributed by atoms with Crippen molar-refractivity contribution < 1.29 is 22.7 Å². The number of carbonyl (C=O) groups excluding carboxylic acids is 1. The second-order valence-corrected chi connectivity index (χ2v) is 3.24. The molecule has 0 saturated carbocycles. The number of hydrogen-bond acceptors (Lipinski definition) is 3. The molecule has 0 saturated heterocycles. The van der Waals surface area contributed by atoms with Crippen molar-refractivity contribution in [2.45, 2.75) is 13.1 Å². The Morgan fingerprint density at radius 1 is 1.38 bits per heavy atom. The van der Waals surface area contributed by atoms with Gasteiger partial charge in [0.2, 0.25) is 0 Å². The molecule has 1 rings (SSSR count). The van der Waals surface area contributed by atoms with Gasteiger partial charge in [-0.1, -0.05) is 0 Å². The molecule has 2 N–H and O–H groups in total. The van der Waals surface area contributed by atoms with E-state index in [0.29, 0.717) is 6.07 Å². The molecule has 0 aliphatic heterocycles. The van der Waals surface area contributed by atoms with E-state index in [1.54, 1.807) is 0 Å². The molecule has 0 heterocycles. The van der Waals surface area contributed by atoms with Gasteiger partial charge in [-0.05, 0) is 24.6 Å². The van der Waals surface area contributed by atoms with Crippen molar-refractivity contribution in [2.75, 3.05) is 12.8 Å². The highest BCUT2D eigenvalue weighted by molar-refractivity contribution is 5.95. The summed E-state index contributed by atoms with van der Waals surface area (Å²) in [5.41, 5.74) is 4.22. The summed E-state index contributed by atoms with van der Waals surface area (Å²) in [6, 6.07) is 1.81.